The van der Waals surface area contributed by atoms with Gasteiger partial charge in [0.1, 0.15) is 0 Å². The number of morpholine rings is 1. The van der Waals surface area contributed by atoms with Crippen molar-refractivity contribution in [3.8, 4) is 0 Å². The van der Waals surface area contributed by atoms with Gasteiger partial charge in [0.2, 0.25) is 0 Å². The smallest absolute Gasteiger partial charge is 0.319 e. The van der Waals surface area contributed by atoms with Crippen LogP contribution >= 0.6 is 0 Å². The van der Waals surface area contributed by atoms with E-state index in [1.54, 1.807) is 11.9 Å². The molecule has 0 saturated carbocycles. The minimum absolute atomic E-state index is 0.0778. The van der Waals surface area contributed by atoms with Crippen LogP contribution in [0.2, 0.25) is 0 Å². The molecule has 7 nitrogen and oxygen atoms in total. The van der Waals surface area contributed by atoms with Crippen molar-refractivity contribution in [2.24, 2.45) is 0 Å². The molecule has 18 heavy (non-hydrogen) atoms. The zero-order chi connectivity index (χ0) is 13.7. The maximum atomic E-state index is 12.0. The lowest BCUT2D eigenvalue weighted by atomic mass is 10.2. The van der Waals surface area contributed by atoms with Crippen molar-refractivity contribution in [2.75, 3.05) is 33.3 Å². The summed E-state index contributed by atoms with van der Waals surface area (Å²) in [6.45, 7) is 2.65. The minimum atomic E-state index is -0.932. The molecule has 2 unspecified atom stereocenters. The van der Waals surface area contributed by atoms with Crippen molar-refractivity contribution >= 4 is 12.0 Å². The molecule has 2 atom stereocenters. The summed E-state index contributed by atoms with van der Waals surface area (Å²) in [6, 6.07) is -0.232. The quantitative estimate of drug-likeness (QED) is 0.717. The van der Waals surface area contributed by atoms with Crippen LogP contribution in [0, 0.1) is 0 Å². The third-order valence-corrected chi connectivity index (χ3v) is 2.79. The molecule has 0 bridgehead atoms. The summed E-state index contributed by atoms with van der Waals surface area (Å²) in [7, 11) is 1.57. The second-order valence-electron chi connectivity index (χ2n) is 4.50. The monoisotopic (exact) mass is 260 g/mol. The second kappa shape index (κ2) is 6.55. The summed E-state index contributed by atoms with van der Waals surface area (Å²) in [6.07, 6.45) is -0.579. The molecule has 0 aliphatic carbocycles. The normalized spacial score (nSPS) is 23.8. The van der Waals surface area contributed by atoms with Crippen molar-refractivity contribution in [1.29, 1.82) is 0 Å². The molecule has 1 rings (SSSR count). The van der Waals surface area contributed by atoms with Gasteiger partial charge in [-0.2, -0.15) is 0 Å². The first kappa shape index (κ1) is 14.7. The lowest BCUT2D eigenvalue weighted by Crippen LogP contribution is -2.53. The molecule has 0 aromatic carbocycles. The first-order valence-corrected chi connectivity index (χ1v) is 5.92. The minimum Gasteiger partial charge on any atom is -0.481 e. The number of hydrogen-bond donors (Lipinski definition) is 2. The number of rotatable bonds is 4. The fourth-order valence-electron chi connectivity index (χ4n) is 1.90. The van der Waals surface area contributed by atoms with E-state index in [-0.39, 0.29) is 37.8 Å². The Morgan fingerprint density at radius 2 is 2.11 bits per heavy atom. The van der Waals surface area contributed by atoms with E-state index in [9.17, 15) is 9.59 Å². The number of carbonyl (C=O) groups is 2. The first-order valence-electron chi connectivity index (χ1n) is 5.92. The van der Waals surface area contributed by atoms with Crippen LogP contribution in [0.5, 0.6) is 0 Å². The van der Waals surface area contributed by atoms with E-state index in [2.05, 4.69) is 0 Å². The number of ether oxygens (including phenoxy) is 1. The van der Waals surface area contributed by atoms with Crippen molar-refractivity contribution in [1.82, 2.24) is 9.80 Å². The van der Waals surface area contributed by atoms with Gasteiger partial charge in [-0.15, -0.1) is 0 Å². The van der Waals surface area contributed by atoms with E-state index >= 15 is 0 Å². The zero-order valence-corrected chi connectivity index (χ0v) is 10.7. The first-order chi connectivity index (χ1) is 8.43. The van der Waals surface area contributed by atoms with Crippen LogP contribution < -0.4 is 0 Å². The van der Waals surface area contributed by atoms with Crippen molar-refractivity contribution < 1.29 is 24.5 Å². The molecule has 0 radical (unpaired) electrons. The van der Waals surface area contributed by atoms with Gasteiger partial charge in [0.15, 0.2) is 0 Å². The predicted molar refractivity (Wildman–Crippen MR) is 63.3 cm³/mol. The number of carbonyl (C=O) groups excluding carboxylic acids is 1. The molecule has 0 spiro atoms. The molecular formula is C11H20N2O5. The van der Waals surface area contributed by atoms with Crippen molar-refractivity contribution in [3.63, 3.8) is 0 Å². The van der Waals surface area contributed by atoms with Gasteiger partial charge >= 0.3 is 12.0 Å². The Morgan fingerprint density at radius 3 is 2.67 bits per heavy atom. The summed E-state index contributed by atoms with van der Waals surface area (Å²) >= 11 is 0. The average molecular weight is 260 g/mol. The summed E-state index contributed by atoms with van der Waals surface area (Å²) in [5, 5.41) is 17.6. The Hall–Kier alpha value is -1.34. The summed E-state index contributed by atoms with van der Waals surface area (Å²) < 4.78 is 5.44. The largest absolute Gasteiger partial charge is 0.481 e. The van der Waals surface area contributed by atoms with Crippen molar-refractivity contribution in [2.45, 2.75) is 25.6 Å². The maximum absolute atomic E-state index is 12.0. The lowest BCUT2D eigenvalue weighted by molar-refractivity contribution is -0.137. The fraction of sp³-hybridized carbons (Fsp3) is 0.818. The highest BCUT2D eigenvalue weighted by molar-refractivity contribution is 5.75. The van der Waals surface area contributed by atoms with E-state index in [1.807, 2.05) is 6.92 Å². The molecule has 104 valence electrons. The number of aliphatic carboxylic acids is 1. The summed E-state index contributed by atoms with van der Waals surface area (Å²) in [5.74, 6) is -0.932. The number of carboxylic acids is 1. The second-order valence-corrected chi connectivity index (χ2v) is 4.50. The number of aliphatic hydroxyl groups is 1. The van der Waals surface area contributed by atoms with Gasteiger partial charge in [0.05, 0.1) is 31.8 Å². The SMILES string of the molecule is CC1CN(C(=O)N(C)CCC(=O)O)CC(CO)O1. The highest BCUT2D eigenvalue weighted by atomic mass is 16.5. The van der Waals surface area contributed by atoms with Crippen LogP contribution in [-0.2, 0) is 9.53 Å². The molecule has 2 N–H and O–H groups in total. The Bertz CT molecular complexity index is 310. The van der Waals surface area contributed by atoms with Gasteiger partial charge in [-0.1, -0.05) is 0 Å². The van der Waals surface area contributed by atoms with Gasteiger partial charge < -0.3 is 24.7 Å². The van der Waals surface area contributed by atoms with Crippen molar-refractivity contribution in [3.05, 3.63) is 0 Å². The Kier molecular flexibility index (Phi) is 5.36. The molecule has 1 aliphatic heterocycles. The van der Waals surface area contributed by atoms with E-state index in [4.69, 9.17) is 14.9 Å². The van der Waals surface area contributed by atoms with Crippen LogP contribution in [0.25, 0.3) is 0 Å². The number of carboxylic acid groups (broad SMARTS) is 1. The van der Waals surface area contributed by atoms with E-state index < -0.39 is 5.97 Å². The van der Waals surface area contributed by atoms with Crippen LogP contribution in [0.15, 0.2) is 0 Å². The Labute approximate surface area is 106 Å². The van der Waals surface area contributed by atoms with E-state index in [0.29, 0.717) is 13.1 Å². The lowest BCUT2D eigenvalue weighted by Gasteiger charge is -2.37. The van der Waals surface area contributed by atoms with E-state index in [1.165, 1.54) is 4.90 Å². The van der Waals surface area contributed by atoms with Crippen LogP contribution in [0.4, 0.5) is 4.79 Å². The molecule has 2 amide bonds. The fourth-order valence-corrected chi connectivity index (χ4v) is 1.90. The molecule has 1 heterocycles. The Morgan fingerprint density at radius 1 is 1.44 bits per heavy atom. The third-order valence-electron chi connectivity index (χ3n) is 2.79. The average Bonchev–Trinajstić information content (AvgIpc) is 2.34. The summed E-state index contributed by atoms with van der Waals surface area (Å²) in [4.78, 5) is 25.4. The highest BCUT2D eigenvalue weighted by Gasteiger charge is 2.29. The number of hydrogen-bond acceptors (Lipinski definition) is 4. The molecule has 1 aliphatic rings. The topological polar surface area (TPSA) is 90.3 Å². The molecule has 7 heteroatoms. The Balaban J connectivity index is 2.51. The molecule has 0 aromatic heterocycles. The summed E-state index contributed by atoms with van der Waals surface area (Å²) in [5.41, 5.74) is 0. The third kappa shape index (κ3) is 4.15. The molecule has 1 saturated heterocycles. The van der Waals surface area contributed by atoms with Gasteiger partial charge in [0.25, 0.3) is 0 Å². The number of aliphatic hydroxyl groups excluding tert-OH is 1. The van der Waals surface area contributed by atoms with E-state index in [0.717, 1.165) is 0 Å². The standard InChI is InChI=1S/C11H20N2O5/c1-8-5-13(6-9(7-14)18-8)11(17)12(2)4-3-10(15)16/h8-9,14H,3-7H2,1-2H3,(H,15,16). The van der Waals surface area contributed by atoms with Crippen LogP contribution in [0.3, 0.4) is 0 Å². The zero-order valence-electron chi connectivity index (χ0n) is 10.7. The maximum Gasteiger partial charge on any atom is 0.319 e. The van der Waals surface area contributed by atoms with Gasteiger partial charge in [-0.05, 0) is 6.92 Å². The highest BCUT2D eigenvalue weighted by Crippen LogP contribution is 2.12. The molecule has 0 aromatic rings. The van der Waals surface area contributed by atoms with Gasteiger partial charge in [0, 0.05) is 20.1 Å². The number of nitrogens with zero attached hydrogens (tertiary/aromatic N) is 2. The van der Waals surface area contributed by atoms with Gasteiger partial charge in [-0.3, -0.25) is 4.79 Å². The van der Waals surface area contributed by atoms with Crippen LogP contribution in [0.1, 0.15) is 13.3 Å². The number of urea groups is 1. The predicted octanol–water partition coefficient (Wildman–Crippen LogP) is -0.405. The molecule has 1 fully saturated rings. The van der Waals surface area contributed by atoms with Crippen LogP contribution in [-0.4, -0.2) is 77.5 Å². The molecular weight excluding hydrogens is 240 g/mol. The van der Waals surface area contributed by atoms with Gasteiger partial charge in [-0.25, -0.2) is 4.79 Å². The number of amides is 2.